The SMILES string of the molecule is CC1(C)c2ccccc2-c2ccc(-c3ccc(-c4cccc(-c5ccc6c(c5)C(C)(C)c5cc(-c7cccc(-c8ccc(-c9ccc%10c(c9)C(C)(C)c9ccccc9-%10)cc8)c7)ccc5-6)c4)cc3)cc21. The van der Waals surface area contributed by atoms with Crippen LogP contribution in [0.5, 0.6) is 0 Å². The normalized spacial score (nSPS) is 14.9. The maximum atomic E-state index is 2.44. The quantitative estimate of drug-likeness (QED) is 0.156. The molecule has 0 N–H and O–H groups in total. The van der Waals surface area contributed by atoms with Crippen molar-refractivity contribution >= 4 is 0 Å². The van der Waals surface area contributed by atoms with Crippen LogP contribution in [0.1, 0.15) is 74.9 Å². The van der Waals surface area contributed by atoms with Crippen LogP contribution in [0.3, 0.4) is 0 Å². The summed E-state index contributed by atoms with van der Waals surface area (Å²) in [6, 6.07) is 82.3. The Hall–Kier alpha value is -7.80. The van der Waals surface area contributed by atoms with Gasteiger partial charge in [0.05, 0.1) is 0 Å². The van der Waals surface area contributed by atoms with Crippen LogP contribution in [-0.4, -0.2) is 0 Å². The first-order chi connectivity index (χ1) is 33.4. The summed E-state index contributed by atoms with van der Waals surface area (Å²) in [4.78, 5) is 0. The first-order valence-electron chi connectivity index (χ1n) is 24.6. The van der Waals surface area contributed by atoms with Gasteiger partial charge in [-0.1, -0.05) is 224 Å². The van der Waals surface area contributed by atoms with E-state index < -0.39 is 0 Å². The molecule has 0 unspecified atom stereocenters. The maximum absolute atomic E-state index is 2.44. The molecular weight excluding hydrogens is 829 g/mol. The third-order valence-electron chi connectivity index (χ3n) is 16.3. The molecule has 0 atom stereocenters. The van der Waals surface area contributed by atoms with Gasteiger partial charge in [-0.15, -0.1) is 0 Å². The molecule has 0 aromatic heterocycles. The monoisotopic (exact) mass is 882 g/mol. The predicted octanol–water partition coefficient (Wildman–Crippen LogP) is 18.6. The highest BCUT2D eigenvalue weighted by Crippen LogP contribution is 2.53. The van der Waals surface area contributed by atoms with E-state index in [4.69, 9.17) is 0 Å². The van der Waals surface area contributed by atoms with E-state index in [2.05, 4.69) is 260 Å². The van der Waals surface area contributed by atoms with Gasteiger partial charge in [-0.05, 0) is 170 Å². The van der Waals surface area contributed by atoms with Gasteiger partial charge in [-0.3, -0.25) is 0 Å². The summed E-state index contributed by atoms with van der Waals surface area (Å²) in [5.41, 5.74) is 31.2. The van der Waals surface area contributed by atoms with Gasteiger partial charge >= 0.3 is 0 Å². The lowest BCUT2D eigenvalue weighted by atomic mass is 9.80. The Morgan fingerprint density at radius 2 is 0.391 bits per heavy atom. The zero-order valence-corrected chi connectivity index (χ0v) is 40.3. The van der Waals surface area contributed by atoms with Crippen LogP contribution in [0, 0.1) is 0 Å². The molecule has 0 saturated heterocycles. The summed E-state index contributed by atoms with van der Waals surface area (Å²) in [6.45, 7) is 14.2. The molecule has 0 bridgehead atoms. The van der Waals surface area contributed by atoms with Crippen LogP contribution in [0.15, 0.2) is 218 Å². The molecule has 10 aromatic rings. The molecule has 0 nitrogen and oxygen atoms in total. The standard InChI is InChI=1S/C69H54/c1-67(2)61-19-9-7-17-55(61)57-33-29-51(39-63(57)67)45-25-21-43(22-26-45)47-13-11-15-49(37-47)53-31-35-59-60-36-32-54(42-66(60)69(5,6)65(59)41-53)50-16-12-14-48(38-50)44-23-27-46(28-24-44)52-30-34-58-56-18-8-10-20-62(56)68(3,4)64(58)40-52/h7-42H,1-6H3. The number of hydrogen-bond acceptors (Lipinski definition) is 0. The summed E-state index contributed by atoms with van der Waals surface area (Å²) < 4.78 is 0. The Bertz CT molecular complexity index is 3480. The van der Waals surface area contributed by atoms with Crippen LogP contribution in [0.4, 0.5) is 0 Å². The second kappa shape index (κ2) is 15.1. The van der Waals surface area contributed by atoms with E-state index in [9.17, 15) is 0 Å². The van der Waals surface area contributed by atoms with Crippen LogP contribution < -0.4 is 0 Å². The minimum absolute atomic E-state index is 0.0135. The fourth-order valence-corrected chi connectivity index (χ4v) is 12.3. The summed E-state index contributed by atoms with van der Waals surface area (Å²) in [7, 11) is 0. The summed E-state index contributed by atoms with van der Waals surface area (Å²) in [5, 5.41) is 0. The molecule has 0 saturated carbocycles. The third-order valence-corrected chi connectivity index (χ3v) is 16.3. The van der Waals surface area contributed by atoms with Crippen LogP contribution >= 0.6 is 0 Å². The zero-order valence-electron chi connectivity index (χ0n) is 40.3. The first-order valence-corrected chi connectivity index (χ1v) is 24.6. The Morgan fingerprint density at radius 1 is 0.174 bits per heavy atom. The van der Waals surface area contributed by atoms with Crippen molar-refractivity contribution in [3.05, 3.63) is 252 Å². The molecule has 0 heterocycles. The van der Waals surface area contributed by atoms with Gasteiger partial charge < -0.3 is 0 Å². The smallest absolute Gasteiger partial charge is 0.0159 e. The van der Waals surface area contributed by atoms with Crippen molar-refractivity contribution in [3.8, 4) is 100 Å². The van der Waals surface area contributed by atoms with Crippen molar-refractivity contribution in [1.29, 1.82) is 0 Å². The molecule has 69 heavy (non-hydrogen) atoms. The zero-order chi connectivity index (χ0) is 46.8. The fourth-order valence-electron chi connectivity index (χ4n) is 12.3. The molecule has 0 radical (unpaired) electrons. The fraction of sp³-hybridized carbons (Fsp3) is 0.130. The number of fused-ring (bicyclic) bond motifs is 9. The van der Waals surface area contributed by atoms with Crippen molar-refractivity contribution in [2.75, 3.05) is 0 Å². The molecule has 0 spiro atoms. The van der Waals surface area contributed by atoms with Crippen LogP contribution in [0.25, 0.3) is 100 Å². The van der Waals surface area contributed by atoms with Gasteiger partial charge in [-0.2, -0.15) is 0 Å². The highest BCUT2D eigenvalue weighted by atomic mass is 14.4. The lowest BCUT2D eigenvalue weighted by Gasteiger charge is -2.23. The minimum atomic E-state index is -0.150. The first kappa shape index (κ1) is 41.4. The van der Waals surface area contributed by atoms with E-state index in [0.717, 1.165) is 0 Å². The molecule has 10 aromatic carbocycles. The Balaban J connectivity index is 0.740. The molecule has 0 aliphatic heterocycles. The van der Waals surface area contributed by atoms with E-state index in [1.165, 1.54) is 134 Å². The van der Waals surface area contributed by atoms with Crippen molar-refractivity contribution < 1.29 is 0 Å². The second-order valence-electron chi connectivity index (χ2n) is 21.3. The van der Waals surface area contributed by atoms with E-state index in [-0.39, 0.29) is 16.2 Å². The highest BCUT2D eigenvalue weighted by Gasteiger charge is 2.38. The minimum Gasteiger partial charge on any atom is -0.0619 e. The van der Waals surface area contributed by atoms with Crippen LogP contribution in [0.2, 0.25) is 0 Å². The Kier molecular flexibility index (Phi) is 9.06. The molecule has 0 amide bonds. The summed E-state index contributed by atoms with van der Waals surface area (Å²) >= 11 is 0. The lowest BCUT2D eigenvalue weighted by Crippen LogP contribution is -2.15. The van der Waals surface area contributed by atoms with Gasteiger partial charge in [0.2, 0.25) is 0 Å². The largest absolute Gasteiger partial charge is 0.0619 e. The Morgan fingerprint density at radius 3 is 0.710 bits per heavy atom. The third kappa shape index (κ3) is 6.42. The lowest BCUT2D eigenvalue weighted by molar-refractivity contribution is 0.660. The van der Waals surface area contributed by atoms with Crippen molar-refractivity contribution in [3.63, 3.8) is 0 Å². The van der Waals surface area contributed by atoms with Gasteiger partial charge in [0.15, 0.2) is 0 Å². The molecule has 13 rings (SSSR count). The molecule has 3 aliphatic carbocycles. The van der Waals surface area contributed by atoms with Gasteiger partial charge in [0.1, 0.15) is 0 Å². The predicted molar refractivity (Wildman–Crippen MR) is 292 cm³/mol. The van der Waals surface area contributed by atoms with Crippen molar-refractivity contribution in [1.82, 2.24) is 0 Å². The van der Waals surface area contributed by atoms with E-state index in [0.29, 0.717) is 0 Å². The highest BCUT2D eigenvalue weighted by molar-refractivity contribution is 5.89. The molecule has 0 heteroatoms. The van der Waals surface area contributed by atoms with Crippen molar-refractivity contribution in [2.45, 2.75) is 57.8 Å². The summed E-state index contributed by atoms with van der Waals surface area (Å²) in [6.07, 6.45) is 0. The maximum Gasteiger partial charge on any atom is 0.0159 e. The second-order valence-corrected chi connectivity index (χ2v) is 21.3. The van der Waals surface area contributed by atoms with Crippen molar-refractivity contribution in [2.24, 2.45) is 0 Å². The number of hydrogen-bond donors (Lipinski definition) is 0. The van der Waals surface area contributed by atoms with E-state index in [1.54, 1.807) is 0 Å². The topological polar surface area (TPSA) is 0 Å². The Labute approximate surface area is 407 Å². The van der Waals surface area contributed by atoms with E-state index >= 15 is 0 Å². The summed E-state index contributed by atoms with van der Waals surface area (Å²) in [5.74, 6) is 0. The van der Waals surface area contributed by atoms with Gasteiger partial charge in [0, 0.05) is 16.2 Å². The number of benzene rings is 10. The number of rotatable bonds is 6. The average Bonchev–Trinajstić information content (AvgIpc) is 3.87. The molecule has 330 valence electrons. The van der Waals surface area contributed by atoms with Gasteiger partial charge in [0.25, 0.3) is 0 Å². The van der Waals surface area contributed by atoms with Crippen LogP contribution in [-0.2, 0) is 16.2 Å². The van der Waals surface area contributed by atoms with Gasteiger partial charge in [-0.25, -0.2) is 0 Å². The average molecular weight is 883 g/mol. The molecular formula is C69H54. The molecule has 0 fully saturated rings. The molecule has 3 aliphatic rings. The van der Waals surface area contributed by atoms with E-state index in [1.807, 2.05) is 0 Å².